The number of aliphatic hydroxyl groups is 1. The molecule has 1 atom stereocenters. The minimum Gasteiger partial charge on any atom is -0.497 e. The van der Waals surface area contributed by atoms with Gasteiger partial charge in [-0.05, 0) is 29.8 Å². The van der Waals surface area contributed by atoms with E-state index in [1.165, 1.54) is 4.90 Å². The number of aliphatic hydroxyl groups excluding tert-OH is 1. The van der Waals surface area contributed by atoms with E-state index in [2.05, 4.69) is 0 Å². The fraction of sp³-hybridized carbons (Fsp3) is 0.188. The number of para-hydroxylation sites is 1. The quantitative estimate of drug-likeness (QED) is 0.929. The monoisotopic (exact) mass is 271 g/mol. The lowest BCUT2D eigenvalue weighted by Gasteiger charge is -2.21. The van der Waals surface area contributed by atoms with Crippen LogP contribution in [0.5, 0.6) is 5.75 Å². The first-order valence-electron chi connectivity index (χ1n) is 6.28. The number of benzene rings is 2. The number of nitrogens with zero attached hydrogens (tertiary/aromatic N) is 1. The van der Waals surface area contributed by atoms with E-state index in [-0.39, 0.29) is 5.91 Å². The van der Waals surface area contributed by atoms with Crippen molar-refractivity contribution in [1.29, 1.82) is 0 Å². The van der Waals surface area contributed by atoms with E-state index in [9.17, 15) is 9.90 Å². The Morgan fingerprint density at radius 2 is 1.85 bits per heavy atom. The summed E-state index contributed by atoms with van der Waals surface area (Å²) in [5.74, 6) is 0.223. The lowest BCUT2D eigenvalue weighted by atomic mass is 10.1. The van der Waals surface area contributed by atoms with Gasteiger partial charge in [0.1, 0.15) is 5.75 Å². The number of carbonyl (C=O) groups excluding carboxylic acids is 1. The van der Waals surface area contributed by atoms with Crippen molar-refractivity contribution in [3.8, 4) is 5.75 Å². The summed E-state index contributed by atoms with van der Waals surface area (Å²) >= 11 is 0. The highest BCUT2D eigenvalue weighted by Gasteiger charge is 2.22. The summed E-state index contributed by atoms with van der Waals surface area (Å²) in [6.45, 7) is 0. The van der Waals surface area contributed by atoms with E-state index in [0.29, 0.717) is 11.3 Å². The van der Waals surface area contributed by atoms with Gasteiger partial charge in [-0.2, -0.15) is 0 Å². The Balaban J connectivity index is 2.19. The summed E-state index contributed by atoms with van der Waals surface area (Å²) in [6.07, 6.45) is -1.21. The average molecular weight is 271 g/mol. The maximum absolute atomic E-state index is 12.3. The van der Waals surface area contributed by atoms with Gasteiger partial charge in [0.2, 0.25) is 0 Å². The van der Waals surface area contributed by atoms with Crippen molar-refractivity contribution in [2.75, 3.05) is 19.1 Å². The maximum Gasteiger partial charge on any atom is 0.260 e. The molecule has 104 valence electrons. The van der Waals surface area contributed by atoms with Crippen LogP contribution in [0, 0.1) is 0 Å². The lowest BCUT2D eigenvalue weighted by Crippen LogP contribution is -2.31. The molecule has 0 aliphatic rings. The van der Waals surface area contributed by atoms with Crippen molar-refractivity contribution in [1.82, 2.24) is 0 Å². The van der Waals surface area contributed by atoms with E-state index in [0.717, 1.165) is 5.69 Å². The topological polar surface area (TPSA) is 49.8 Å². The van der Waals surface area contributed by atoms with Crippen LogP contribution in [0.1, 0.15) is 11.7 Å². The molecule has 0 radical (unpaired) electrons. The SMILES string of the molecule is COc1cccc(C(O)C(=O)N(C)c2ccccc2)c1. The fourth-order valence-corrected chi connectivity index (χ4v) is 1.92. The highest BCUT2D eigenvalue weighted by molar-refractivity contribution is 5.96. The van der Waals surface area contributed by atoms with Crippen LogP contribution < -0.4 is 9.64 Å². The number of ether oxygens (including phenoxy) is 1. The summed E-state index contributed by atoms with van der Waals surface area (Å²) in [6, 6.07) is 16.1. The van der Waals surface area contributed by atoms with E-state index in [4.69, 9.17) is 4.74 Å². The summed E-state index contributed by atoms with van der Waals surface area (Å²) in [5, 5.41) is 10.2. The number of hydrogen-bond acceptors (Lipinski definition) is 3. The number of hydrogen-bond donors (Lipinski definition) is 1. The number of methoxy groups -OCH3 is 1. The minimum absolute atomic E-state index is 0.385. The Hall–Kier alpha value is -2.33. The smallest absolute Gasteiger partial charge is 0.260 e. The van der Waals surface area contributed by atoms with Gasteiger partial charge in [0.15, 0.2) is 6.10 Å². The Bertz CT molecular complexity index is 583. The van der Waals surface area contributed by atoms with Gasteiger partial charge < -0.3 is 14.7 Å². The van der Waals surface area contributed by atoms with Crippen LogP contribution in [-0.2, 0) is 4.79 Å². The minimum atomic E-state index is -1.21. The average Bonchev–Trinajstić information content (AvgIpc) is 2.53. The van der Waals surface area contributed by atoms with Gasteiger partial charge in [0.05, 0.1) is 7.11 Å². The van der Waals surface area contributed by atoms with Gasteiger partial charge in [-0.25, -0.2) is 0 Å². The predicted octanol–water partition coefficient (Wildman–Crippen LogP) is 2.39. The number of amides is 1. The summed E-state index contributed by atoms with van der Waals surface area (Å²) in [7, 11) is 3.18. The summed E-state index contributed by atoms with van der Waals surface area (Å²) in [5.41, 5.74) is 1.25. The first-order chi connectivity index (χ1) is 9.63. The van der Waals surface area contributed by atoms with Gasteiger partial charge >= 0.3 is 0 Å². The molecular weight excluding hydrogens is 254 g/mol. The molecule has 2 rings (SSSR count). The molecule has 20 heavy (non-hydrogen) atoms. The first-order valence-corrected chi connectivity index (χ1v) is 6.28. The third kappa shape index (κ3) is 2.97. The van der Waals surface area contributed by atoms with E-state index in [1.54, 1.807) is 38.4 Å². The molecule has 2 aromatic carbocycles. The van der Waals surface area contributed by atoms with Crippen molar-refractivity contribution < 1.29 is 14.6 Å². The van der Waals surface area contributed by atoms with Gasteiger partial charge in [-0.3, -0.25) is 4.79 Å². The van der Waals surface area contributed by atoms with Gasteiger partial charge in [-0.1, -0.05) is 30.3 Å². The van der Waals surface area contributed by atoms with Gasteiger partial charge in [0, 0.05) is 12.7 Å². The molecule has 0 saturated heterocycles. The largest absolute Gasteiger partial charge is 0.497 e. The summed E-state index contributed by atoms with van der Waals surface area (Å²) < 4.78 is 5.09. The molecule has 1 N–H and O–H groups in total. The molecule has 0 bridgehead atoms. The van der Waals surface area contributed by atoms with Crippen LogP contribution in [-0.4, -0.2) is 25.2 Å². The van der Waals surface area contributed by atoms with E-state index < -0.39 is 6.10 Å². The molecule has 0 saturated carbocycles. The van der Waals surface area contributed by atoms with Crippen molar-refractivity contribution in [2.24, 2.45) is 0 Å². The third-order valence-electron chi connectivity index (χ3n) is 3.12. The van der Waals surface area contributed by atoms with E-state index in [1.807, 2.05) is 30.3 Å². The zero-order valence-corrected chi connectivity index (χ0v) is 11.5. The van der Waals surface area contributed by atoms with Crippen LogP contribution >= 0.6 is 0 Å². The number of anilines is 1. The standard InChI is InChI=1S/C16H17NO3/c1-17(13-8-4-3-5-9-13)16(19)15(18)12-7-6-10-14(11-12)20-2/h3-11,15,18H,1-2H3. The molecule has 0 aromatic heterocycles. The third-order valence-corrected chi connectivity index (χ3v) is 3.12. The molecule has 0 aliphatic heterocycles. The zero-order valence-electron chi connectivity index (χ0n) is 11.5. The highest BCUT2D eigenvalue weighted by Crippen LogP contribution is 2.22. The molecular formula is C16H17NO3. The molecule has 4 heteroatoms. The zero-order chi connectivity index (χ0) is 14.5. The van der Waals surface area contributed by atoms with Gasteiger partial charge in [-0.15, -0.1) is 0 Å². The Kier molecular flexibility index (Phi) is 4.38. The molecule has 0 fully saturated rings. The summed E-state index contributed by atoms with van der Waals surface area (Å²) in [4.78, 5) is 13.7. The molecule has 0 spiro atoms. The van der Waals surface area contributed by atoms with Crippen LogP contribution in [0.3, 0.4) is 0 Å². The van der Waals surface area contributed by atoms with Crippen LogP contribution in [0.25, 0.3) is 0 Å². The molecule has 1 unspecified atom stereocenters. The second-order valence-corrected chi connectivity index (χ2v) is 4.41. The first kappa shape index (κ1) is 14.1. The number of carbonyl (C=O) groups is 1. The Morgan fingerprint density at radius 1 is 1.15 bits per heavy atom. The van der Waals surface area contributed by atoms with Crippen LogP contribution in [0.15, 0.2) is 54.6 Å². The molecule has 2 aromatic rings. The number of rotatable bonds is 4. The van der Waals surface area contributed by atoms with Crippen molar-refractivity contribution in [3.05, 3.63) is 60.2 Å². The fourth-order valence-electron chi connectivity index (χ4n) is 1.92. The molecule has 0 heterocycles. The van der Waals surface area contributed by atoms with Crippen molar-refractivity contribution >= 4 is 11.6 Å². The highest BCUT2D eigenvalue weighted by atomic mass is 16.5. The second-order valence-electron chi connectivity index (χ2n) is 4.41. The lowest BCUT2D eigenvalue weighted by molar-refractivity contribution is -0.126. The Morgan fingerprint density at radius 3 is 2.50 bits per heavy atom. The van der Waals surface area contributed by atoms with Crippen LogP contribution in [0.4, 0.5) is 5.69 Å². The number of likely N-dealkylation sites (N-methyl/N-ethyl adjacent to an activating group) is 1. The normalized spacial score (nSPS) is 11.8. The van der Waals surface area contributed by atoms with Crippen LogP contribution in [0.2, 0.25) is 0 Å². The molecule has 4 nitrogen and oxygen atoms in total. The maximum atomic E-state index is 12.3. The predicted molar refractivity (Wildman–Crippen MR) is 77.8 cm³/mol. The molecule has 1 amide bonds. The Labute approximate surface area is 118 Å². The van der Waals surface area contributed by atoms with Gasteiger partial charge in [0.25, 0.3) is 5.91 Å². The van der Waals surface area contributed by atoms with E-state index >= 15 is 0 Å². The molecule has 0 aliphatic carbocycles. The van der Waals surface area contributed by atoms with Crippen molar-refractivity contribution in [2.45, 2.75) is 6.10 Å². The van der Waals surface area contributed by atoms with Crippen molar-refractivity contribution in [3.63, 3.8) is 0 Å². The second kappa shape index (κ2) is 6.21.